The number of nitrogens with zero attached hydrogens (tertiary/aromatic N) is 1. The molecule has 0 saturated heterocycles. The van der Waals surface area contributed by atoms with Crippen molar-refractivity contribution in [3.63, 3.8) is 0 Å². The number of benzene rings is 3. The van der Waals surface area contributed by atoms with Gasteiger partial charge in [-0.15, -0.1) is 11.3 Å². The number of fused-ring (bicyclic) bond motifs is 1. The lowest BCUT2D eigenvalue weighted by atomic mass is 9.94. The van der Waals surface area contributed by atoms with E-state index in [9.17, 15) is 18.8 Å². The van der Waals surface area contributed by atoms with E-state index in [1.165, 1.54) is 35.6 Å². The minimum Gasteiger partial charge on any atom is -0.342 e. The Bertz CT molecular complexity index is 1680. The highest BCUT2D eigenvalue weighted by Crippen LogP contribution is 2.31. The maximum absolute atomic E-state index is 13.2. The van der Waals surface area contributed by atoms with Gasteiger partial charge < -0.3 is 16.0 Å². The predicted octanol–water partition coefficient (Wildman–Crippen LogP) is 5.93. The minimum atomic E-state index is -0.590. The number of thiophene rings is 1. The smallest absolute Gasteiger partial charge is 0.262 e. The molecule has 0 aliphatic carbocycles. The minimum absolute atomic E-state index is 0.210. The monoisotopic (exact) mass is 541 g/mol. The van der Waals surface area contributed by atoms with Crippen LogP contribution in [0.5, 0.6) is 0 Å². The Morgan fingerprint density at radius 2 is 1.54 bits per heavy atom. The Morgan fingerprint density at radius 3 is 2.28 bits per heavy atom. The summed E-state index contributed by atoms with van der Waals surface area (Å²) in [6, 6.07) is 23.0. The van der Waals surface area contributed by atoms with Crippen LogP contribution in [0.1, 0.15) is 49.8 Å². The van der Waals surface area contributed by atoms with Crippen molar-refractivity contribution in [3.05, 3.63) is 112 Å². The van der Waals surface area contributed by atoms with Gasteiger partial charge in [0, 0.05) is 5.56 Å². The van der Waals surface area contributed by atoms with E-state index in [0.29, 0.717) is 15.1 Å². The first-order valence-electron chi connectivity index (χ1n) is 12.0. The summed E-state index contributed by atoms with van der Waals surface area (Å²) in [6.45, 7) is 3.86. The number of aromatic nitrogens is 2. The van der Waals surface area contributed by atoms with Gasteiger partial charge in [-0.2, -0.15) is 5.10 Å². The molecule has 0 saturated carbocycles. The lowest BCUT2D eigenvalue weighted by Crippen LogP contribution is -2.40. The Hall–Kier alpha value is -4.83. The average molecular weight is 542 g/mol. The fourth-order valence-corrected chi connectivity index (χ4v) is 4.95. The SMILES string of the molecule is CC(C)(NC(=O)c1cc2c(NC(=O)c3ccccc3NC(=O)c3ccc(F)cc3)n[nH]c2s1)c1ccccc1. The molecule has 3 amide bonds. The van der Waals surface area contributed by atoms with Crippen LogP contribution in [0.15, 0.2) is 84.9 Å². The maximum Gasteiger partial charge on any atom is 0.262 e. The van der Waals surface area contributed by atoms with Crippen molar-refractivity contribution in [1.29, 1.82) is 0 Å². The van der Waals surface area contributed by atoms with Crippen LogP contribution in [0.2, 0.25) is 0 Å². The number of para-hydroxylation sites is 1. The highest BCUT2D eigenvalue weighted by atomic mass is 32.1. The second kappa shape index (κ2) is 10.5. The van der Waals surface area contributed by atoms with Gasteiger partial charge >= 0.3 is 0 Å². The zero-order valence-electron chi connectivity index (χ0n) is 21.0. The predicted molar refractivity (Wildman–Crippen MR) is 150 cm³/mol. The summed E-state index contributed by atoms with van der Waals surface area (Å²) < 4.78 is 13.2. The molecule has 0 aliphatic heterocycles. The van der Waals surface area contributed by atoms with Gasteiger partial charge in [-0.1, -0.05) is 42.5 Å². The van der Waals surface area contributed by atoms with Gasteiger partial charge in [0.15, 0.2) is 5.82 Å². The van der Waals surface area contributed by atoms with E-state index < -0.39 is 23.2 Å². The molecular formula is C29H24FN5O3S. The molecule has 39 heavy (non-hydrogen) atoms. The van der Waals surface area contributed by atoms with E-state index in [0.717, 1.165) is 5.56 Å². The zero-order chi connectivity index (χ0) is 27.6. The van der Waals surface area contributed by atoms with Gasteiger partial charge in [0.2, 0.25) is 0 Å². The van der Waals surface area contributed by atoms with Gasteiger partial charge in [-0.3, -0.25) is 19.5 Å². The van der Waals surface area contributed by atoms with Crippen molar-refractivity contribution in [2.45, 2.75) is 19.4 Å². The Labute approximate surface area is 227 Å². The normalized spacial score (nSPS) is 11.3. The molecule has 3 aromatic carbocycles. The number of carbonyl (C=O) groups is 3. The number of hydrogen-bond acceptors (Lipinski definition) is 5. The molecule has 5 aromatic rings. The van der Waals surface area contributed by atoms with E-state index in [1.54, 1.807) is 30.3 Å². The molecule has 0 radical (unpaired) electrons. The molecule has 0 bridgehead atoms. The third-order valence-electron chi connectivity index (χ3n) is 6.16. The van der Waals surface area contributed by atoms with Crippen molar-refractivity contribution in [3.8, 4) is 0 Å². The summed E-state index contributed by atoms with van der Waals surface area (Å²) >= 11 is 1.23. The first-order chi connectivity index (χ1) is 18.7. The van der Waals surface area contributed by atoms with Crippen molar-refractivity contribution in [1.82, 2.24) is 15.5 Å². The number of anilines is 2. The summed E-state index contributed by atoms with van der Waals surface area (Å²) in [5, 5.41) is 16.2. The van der Waals surface area contributed by atoms with Crippen LogP contribution in [-0.2, 0) is 5.54 Å². The number of aromatic amines is 1. The highest BCUT2D eigenvalue weighted by molar-refractivity contribution is 7.20. The van der Waals surface area contributed by atoms with E-state index >= 15 is 0 Å². The van der Waals surface area contributed by atoms with Crippen LogP contribution >= 0.6 is 11.3 Å². The number of carbonyl (C=O) groups excluding carboxylic acids is 3. The van der Waals surface area contributed by atoms with Gasteiger partial charge in [0.1, 0.15) is 10.6 Å². The molecule has 2 aromatic heterocycles. The molecule has 0 aliphatic rings. The van der Waals surface area contributed by atoms with Gasteiger partial charge in [-0.05, 0) is 61.9 Å². The number of amides is 3. The van der Waals surface area contributed by atoms with Crippen LogP contribution in [0.3, 0.4) is 0 Å². The first kappa shape index (κ1) is 25.8. The Balaban J connectivity index is 1.32. The van der Waals surface area contributed by atoms with Crippen LogP contribution in [0.25, 0.3) is 10.2 Å². The molecular weight excluding hydrogens is 517 g/mol. The lowest BCUT2D eigenvalue weighted by molar-refractivity contribution is 0.0915. The molecule has 196 valence electrons. The largest absolute Gasteiger partial charge is 0.342 e. The van der Waals surface area contributed by atoms with E-state index in [1.807, 2.05) is 44.2 Å². The molecule has 0 spiro atoms. The second-order valence-corrected chi connectivity index (χ2v) is 10.4. The van der Waals surface area contributed by atoms with Gasteiger partial charge in [0.05, 0.1) is 27.1 Å². The summed E-state index contributed by atoms with van der Waals surface area (Å²) in [7, 11) is 0. The summed E-state index contributed by atoms with van der Waals surface area (Å²) in [5.41, 5.74) is 1.12. The lowest BCUT2D eigenvalue weighted by Gasteiger charge is -2.26. The standard InChI is InChI=1S/C29H24FN5O3S/c1-29(2,18-8-4-3-5-9-18)33-27(38)23-16-21-24(34-35-28(21)39-23)32-26(37)20-10-6-7-11-22(20)31-25(36)17-12-14-19(30)15-13-17/h3-16H,1-2H3,(H,31,36)(H,33,38)(H2,32,34,35,37). The number of halogens is 1. The van der Waals surface area contributed by atoms with Crippen molar-refractivity contribution >= 4 is 50.8 Å². The number of nitrogens with one attached hydrogen (secondary N) is 4. The topological polar surface area (TPSA) is 116 Å². The molecule has 2 heterocycles. The van der Waals surface area contributed by atoms with E-state index in [2.05, 4.69) is 26.1 Å². The molecule has 0 atom stereocenters. The third kappa shape index (κ3) is 5.55. The van der Waals surface area contributed by atoms with Crippen molar-refractivity contribution in [2.24, 2.45) is 0 Å². The van der Waals surface area contributed by atoms with Gasteiger partial charge in [-0.25, -0.2) is 4.39 Å². The van der Waals surface area contributed by atoms with Crippen LogP contribution in [-0.4, -0.2) is 27.9 Å². The number of hydrogen-bond donors (Lipinski definition) is 4. The molecule has 5 rings (SSSR count). The van der Waals surface area contributed by atoms with Crippen LogP contribution < -0.4 is 16.0 Å². The molecule has 0 fully saturated rings. The zero-order valence-corrected chi connectivity index (χ0v) is 21.9. The van der Waals surface area contributed by atoms with E-state index in [-0.39, 0.29) is 28.5 Å². The fraction of sp³-hybridized carbons (Fsp3) is 0.103. The highest BCUT2D eigenvalue weighted by Gasteiger charge is 2.25. The molecule has 4 N–H and O–H groups in total. The second-order valence-electron chi connectivity index (χ2n) is 9.33. The fourth-order valence-electron chi connectivity index (χ4n) is 4.06. The quantitative estimate of drug-likeness (QED) is 0.204. The number of H-pyrrole nitrogens is 1. The van der Waals surface area contributed by atoms with Crippen molar-refractivity contribution < 1.29 is 18.8 Å². The van der Waals surface area contributed by atoms with Crippen molar-refractivity contribution in [2.75, 3.05) is 10.6 Å². The average Bonchev–Trinajstić information content (AvgIpc) is 3.52. The Kier molecular flexibility index (Phi) is 6.95. The summed E-state index contributed by atoms with van der Waals surface area (Å²) in [6.07, 6.45) is 0. The maximum atomic E-state index is 13.2. The molecule has 10 heteroatoms. The first-order valence-corrected chi connectivity index (χ1v) is 12.9. The van der Waals surface area contributed by atoms with Crippen LogP contribution in [0.4, 0.5) is 15.9 Å². The third-order valence-corrected chi connectivity index (χ3v) is 7.20. The summed E-state index contributed by atoms with van der Waals surface area (Å²) in [5.74, 6) is -1.42. The van der Waals surface area contributed by atoms with E-state index in [4.69, 9.17) is 0 Å². The summed E-state index contributed by atoms with van der Waals surface area (Å²) in [4.78, 5) is 40.0. The molecule has 0 unspecified atom stereocenters. The molecule has 8 nitrogen and oxygen atoms in total. The Morgan fingerprint density at radius 1 is 0.846 bits per heavy atom. The van der Waals surface area contributed by atoms with Crippen LogP contribution in [0, 0.1) is 5.82 Å². The number of rotatable bonds is 7. The van der Waals surface area contributed by atoms with Gasteiger partial charge in [0.25, 0.3) is 17.7 Å².